The molecule has 1 aliphatic rings. The van der Waals surface area contributed by atoms with Crippen LogP contribution in [-0.4, -0.2) is 56.7 Å². The van der Waals surface area contributed by atoms with Crippen molar-refractivity contribution in [3.63, 3.8) is 0 Å². The van der Waals surface area contributed by atoms with Crippen molar-refractivity contribution in [2.45, 2.75) is 13.5 Å². The van der Waals surface area contributed by atoms with Crippen molar-refractivity contribution in [1.29, 1.82) is 0 Å². The van der Waals surface area contributed by atoms with E-state index in [9.17, 15) is 4.79 Å². The topological polar surface area (TPSA) is 67.2 Å². The molecule has 0 saturated carbocycles. The van der Waals surface area contributed by atoms with Gasteiger partial charge in [0.15, 0.2) is 0 Å². The first-order chi connectivity index (χ1) is 14.5. The molecule has 0 N–H and O–H groups in total. The van der Waals surface area contributed by atoms with Gasteiger partial charge in [0.05, 0.1) is 17.8 Å². The van der Waals surface area contributed by atoms with E-state index in [0.717, 1.165) is 0 Å². The highest BCUT2D eigenvalue weighted by molar-refractivity contribution is 6.36. The molecule has 3 aromatic rings. The van der Waals surface area contributed by atoms with Crippen LogP contribution in [0.4, 0.5) is 5.95 Å². The number of aromatic nitrogens is 4. The molecule has 1 aromatic carbocycles. The van der Waals surface area contributed by atoms with Crippen LogP contribution in [0.2, 0.25) is 15.2 Å². The van der Waals surface area contributed by atoms with E-state index in [1.54, 1.807) is 53.2 Å². The van der Waals surface area contributed by atoms with Gasteiger partial charge in [0, 0.05) is 54.2 Å². The first-order valence-electron chi connectivity index (χ1n) is 9.42. The normalized spacial score (nSPS) is 14.3. The predicted octanol–water partition coefficient (Wildman–Crippen LogP) is 3.95. The number of hydrogen-bond donors (Lipinski definition) is 0. The monoisotopic (exact) mass is 464 g/mol. The Morgan fingerprint density at radius 2 is 1.63 bits per heavy atom. The minimum Gasteiger partial charge on any atom is -0.337 e. The van der Waals surface area contributed by atoms with Crippen LogP contribution in [0.25, 0.3) is 0 Å². The summed E-state index contributed by atoms with van der Waals surface area (Å²) in [6.07, 6.45) is 3.42. The smallest absolute Gasteiger partial charge is 0.259 e. The maximum atomic E-state index is 13.2. The Bertz CT molecular complexity index is 1040. The average Bonchev–Trinajstić information content (AvgIpc) is 3.04. The average molecular weight is 466 g/mol. The fourth-order valence-corrected chi connectivity index (χ4v) is 4.29. The summed E-state index contributed by atoms with van der Waals surface area (Å²) < 4.78 is 1.56. The van der Waals surface area contributed by atoms with Gasteiger partial charge in [-0.1, -0.05) is 40.9 Å². The molecule has 0 bridgehead atoms. The first kappa shape index (κ1) is 20.9. The van der Waals surface area contributed by atoms with E-state index in [1.165, 1.54) is 0 Å². The molecule has 30 heavy (non-hydrogen) atoms. The maximum Gasteiger partial charge on any atom is 0.259 e. The summed E-state index contributed by atoms with van der Waals surface area (Å²) in [5.74, 6) is 0.533. The third-order valence-electron chi connectivity index (χ3n) is 5.05. The zero-order chi connectivity index (χ0) is 21.3. The summed E-state index contributed by atoms with van der Waals surface area (Å²) in [5.41, 5.74) is 1.69. The number of rotatable bonds is 4. The Kier molecular flexibility index (Phi) is 6.13. The molecule has 1 fully saturated rings. The van der Waals surface area contributed by atoms with Gasteiger partial charge >= 0.3 is 0 Å². The van der Waals surface area contributed by atoms with Crippen LogP contribution < -0.4 is 4.90 Å². The molecule has 4 rings (SSSR count). The second kappa shape index (κ2) is 8.79. The molecule has 156 valence electrons. The molecule has 3 heterocycles. The van der Waals surface area contributed by atoms with Gasteiger partial charge in [-0.3, -0.25) is 4.79 Å². The molecule has 1 saturated heterocycles. The number of carbonyl (C=O) groups excluding carboxylic acids is 1. The molecular formula is C20H19Cl3N6O. The van der Waals surface area contributed by atoms with Crippen molar-refractivity contribution >= 4 is 46.7 Å². The predicted molar refractivity (Wildman–Crippen MR) is 118 cm³/mol. The summed E-state index contributed by atoms with van der Waals surface area (Å²) >= 11 is 19.1. The third kappa shape index (κ3) is 4.10. The van der Waals surface area contributed by atoms with Crippen LogP contribution in [0, 0.1) is 6.92 Å². The molecule has 10 heteroatoms. The fraction of sp³-hybridized carbons (Fsp3) is 0.300. The quantitative estimate of drug-likeness (QED) is 0.583. The van der Waals surface area contributed by atoms with Gasteiger partial charge in [0.1, 0.15) is 5.15 Å². The van der Waals surface area contributed by atoms with Crippen molar-refractivity contribution in [3.05, 3.63) is 68.7 Å². The van der Waals surface area contributed by atoms with Gasteiger partial charge in [-0.2, -0.15) is 5.10 Å². The molecule has 0 aliphatic carbocycles. The zero-order valence-electron chi connectivity index (χ0n) is 16.2. The second-order valence-corrected chi connectivity index (χ2v) is 8.11. The van der Waals surface area contributed by atoms with Gasteiger partial charge in [0.25, 0.3) is 5.91 Å². The van der Waals surface area contributed by atoms with Crippen molar-refractivity contribution in [2.24, 2.45) is 0 Å². The number of anilines is 1. The van der Waals surface area contributed by atoms with Crippen molar-refractivity contribution in [3.8, 4) is 0 Å². The molecule has 1 amide bonds. The van der Waals surface area contributed by atoms with Crippen LogP contribution in [-0.2, 0) is 6.54 Å². The van der Waals surface area contributed by atoms with E-state index < -0.39 is 0 Å². The van der Waals surface area contributed by atoms with Crippen molar-refractivity contribution < 1.29 is 4.79 Å². The Morgan fingerprint density at radius 3 is 2.27 bits per heavy atom. The van der Waals surface area contributed by atoms with E-state index in [1.807, 2.05) is 0 Å². The van der Waals surface area contributed by atoms with E-state index >= 15 is 0 Å². The van der Waals surface area contributed by atoms with Crippen LogP contribution >= 0.6 is 34.8 Å². The minimum absolute atomic E-state index is 0.136. The lowest BCUT2D eigenvalue weighted by Crippen LogP contribution is -2.49. The number of benzene rings is 1. The van der Waals surface area contributed by atoms with E-state index in [0.29, 0.717) is 59.0 Å². The van der Waals surface area contributed by atoms with Crippen LogP contribution in [0.1, 0.15) is 21.6 Å². The molecule has 0 radical (unpaired) electrons. The lowest BCUT2D eigenvalue weighted by atomic mass is 10.2. The highest BCUT2D eigenvalue weighted by atomic mass is 35.5. The number of nitrogens with zero attached hydrogens (tertiary/aromatic N) is 6. The number of halogens is 3. The molecule has 7 nitrogen and oxygen atoms in total. The lowest BCUT2D eigenvalue weighted by molar-refractivity contribution is 0.0745. The number of piperazine rings is 1. The fourth-order valence-electron chi connectivity index (χ4n) is 3.46. The van der Waals surface area contributed by atoms with Gasteiger partial charge in [-0.25, -0.2) is 14.6 Å². The summed E-state index contributed by atoms with van der Waals surface area (Å²) in [5, 5.41) is 5.79. The second-order valence-electron chi connectivity index (χ2n) is 6.94. The molecule has 2 aromatic heterocycles. The first-order valence-corrected chi connectivity index (χ1v) is 10.6. The number of aryl methyl sites for hydroxylation is 1. The van der Waals surface area contributed by atoms with E-state index in [-0.39, 0.29) is 17.6 Å². The molecule has 0 unspecified atom stereocenters. The van der Waals surface area contributed by atoms with Crippen LogP contribution in [0.3, 0.4) is 0 Å². The molecule has 0 atom stereocenters. The van der Waals surface area contributed by atoms with Crippen LogP contribution in [0.15, 0.2) is 36.7 Å². The molecular weight excluding hydrogens is 447 g/mol. The summed E-state index contributed by atoms with van der Waals surface area (Å²) in [6, 6.07) is 7.07. The summed E-state index contributed by atoms with van der Waals surface area (Å²) in [6.45, 7) is 4.46. The van der Waals surface area contributed by atoms with E-state index in [4.69, 9.17) is 34.8 Å². The highest BCUT2D eigenvalue weighted by Crippen LogP contribution is 2.28. The van der Waals surface area contributed by atoms with Crippen molar-refractivity contribution in [1.82, 2.24) is 24.6 Å². The maximum absolute atomic E-state index is 13.2. The Hall–Kier alpha value is -2.35. The number of hydrogen-bond acceptors (Lipinski definition) is 5. The third-order valence-corrected chi connectivity index (χ3v) is 6.14. The van der Waals surface area contributed by atoms with Gasteiger partial charge in [-0.05, 0) is 25.1 Å². The van der Waals surface area contributed by atoms with Crippen molar-refractivity contribution in [2.75, 3.05) is 31.1 Å². The van der Waals surface area contributed by atoms with Gasteiger partial charge < -0.3 is 9.80 Å². The zero-order valence-corrected chi connectivity index (χ0v) is 18.5. The Morgan fingerprint density at radius 1 is 1.00 bits per heavy atom. The molecule has 0 spiro atoms. The van der Waals surface area contributed by atoms with E-state index in [2.05, 4.69) is 20.0 Å². The SMILES string of the molecule is Cc1nn(Cc2c(Cl)cccc2Cl)c(Cl)c1C(=O)N1CCN(c2ncccn2)CC1. The van der Waals surface area contributed by atoms with Gasteiger partial charge in [-0.15, -0.1) is 0 Å². The Balaban J connectivity index is 1.50. The largest absolute Gasteiger partial charge is 0.337 e. The number of amides is 1. The summed E-state index contributed by atoms with van der Waals surface area (Å²) in [4.78, 5) is 25.5. The summed E-state index contributed by atoms with van der Waals surface area (Å²) in [7, 11) is 0. The number of carbonyl (C=O) groups is 1. The minimum atomic E-state index is -0.136. The van der Waals surface area contributed by atoms with Crippen LogP contribution in [0.5, 0.6) is 0 Å². The standard InChI is InChI=1S/C20H19Cl3N6O/c1-13-17(18(23)29(26-13)12-14-15(21)4-2-5-16(14)22)19(30)27-8-10-28(11-9-27)20-24-6-3-7-25-20/h2-7H,8-12H2,1H3. The van der Waals surface area contributed by atoms with Gasteiger partial charge in [0.2, 0.25) is 5.95 Å². The lowest BCUT2D eigenvalue weighted by Gasteiger charge is -2.34. The molecule has 1 aliphatic heterocycles. The highest BCUT2D eigenvalue weighted by Gasteiger charge is 2.28. The Labute approximate surface area is 189 Å².